The summed E-state index contributed by atoms with van der Waals surface area (Å²) in [5.41, 5.74) is 3.29. The first-order chi connectivity index (χ1) is 19.9. The van der Waals surface area contributed by atoms with E-state index in [0.29, 0.717) is 39.0 Å². The first kappa shape index (κ1) is 28.2. The van der Waals surface area contributed by atoms with Crippen molar-refractivity contribution in [2.45, 2.75) is 101 Å². The van der Waals surface area contributed by atoms with Crippen molar-refractivity contribution in [3.8, 4) is 11.1 Å². The highest BCUT2D eigenvalue weighted by Gasteiger charge is 2.50. The van der Waals surface area contributed by atoms with E-state index >= 15 is 4.39 Å². The van der Waals surface area contributed by atoms with Crippen molar-refractivity contribution in [1.82, 2.24) is 9.80 Å². The Morgan fingerprint density at radius 2 is 1.32 bits per heavy atom. The summed E-state index contributed by atoms with van der Waals surface area (Å²) in [5.74, 6) is -1.13. The lowest BCUT2D eigenvalue weighted by Gasteiger charge is -2.41. The van der Waals surface area contributed by atoms with Crippen molar-refractivity contribution in [3.05, 3.63) is 53.3 Å². The molecule has 4 aliphatic rings. The summed E-state index contributed by atoms with van der Waals surface area (Å²) < 4.78 is 15.3. The second-order valence-corrected chi connectivity index (χ2v) is 12.9. The van der Waals surface area contributed by atoms with Gasteiger partial charge in [-0.1, -0.05) is 63.5 Å². The molecule has 2 aromatic rings. The van der Waals surface area contributed by atoms with Crippen LogP contribution in [0.5, 0.6) is 0 Å². The molecule has 2 saturated carbocycles. The van der Waals surface area contributed by atoms with Gasteiger partial charge < -0.3 is 20.2 Å². The fourth-order valence-electron chi connectivity index (χ4n) is 7.09. The second kappa shape index (κ2) is 11.7. The van der Waals surface area contributed by atoms with E-state index in [1.165, 1.54) is 81.5 Å². The van der Waals surface area contributed by atoms with Gasteiger partial charge in [-0.05, 0) is 79.5 Å². The molecular formula is C34H44FN3O3. The van der Waals surface area contributed by atoms with Crippen LogP contribution in [0.2, 0.25) is 0 Å². The zero-order valence-corrected chi connectivity index (χ0v) is 24.2. The largest absolute Gasteiger partial charge is 0.380 e. The third-order valence-electron chi connectivity index (χ3n) is 9.95. The first-order valence-electron chi connectivity index (χ1n) is 15.9. The van der Waals surface area contributed by atoms with Gasteiger partial charge >= 0.3 is 0 Å². The SMILES string of the molecule is O=C(c1ccc(-c2ccc3c(c2)CCC2(CCCCCCCCCC2)N3)cc1F)N1CCN(C(=O)C2(O)CC2)CC1. The van der Waals surface area contributed by atoms with Crippen LogP contribution in [0.15, 0.2) is 36.4 Å². The van der Waals surface area contributed by atoms with Gasteiger partial charge in [-0.15, -0.1) is 0 Å². The van der Waals surface area contributed by atoms with E-state index in [2.05, 4.69) is 23.5 Å². The topological polar surface area (TPSA) is 72.9 Å². The van der Waals surface area contributed by atoms with Crippen LogP contribution in [0.3, 0.4) is 0 Å². The van der Waals surface area contributed by atoms with Gasteiger partial charge in [0.1, 0.15) is 11.4 Å². The molecule has 1 saturated heterocycles. The molecule has 7 heteroatoms. The van der Waals surface area contributed by atoms with E-state index in [4.69, 9.17) is 0 Å². The van der Waals surface area contributed by atoms with Gasteiger partial charge in [0, 0.05) is 37.4 Å². The Kier molecular flexibility index (Phi) is 8.08. The summed E-state index contributed by atoms with van der Waals surface area (Å²) in [5, 5.41) is 14.1. The molecule has 41 heavy (non-hydrogen) atoms. The Balaban J connectivity index is 1.11. The molecule has 2 heterocycles. The molecule has 2 amide bonds. The van der Waals surface area contributed by atoms with Crippen LogP contribution in [0.4, 0.5) is 10.1 Å². The van der Waals surface area contributed by atoms with Crippen LogP contribution in [-0.2, 0) is 11.2 Å². The lowest BCUT2D eigenvalue weighted by molar-refractivity contribution is -0.143. The molecule has 6 rings (SSSR count). The number of nitrogens with zero attached hydrogens (tertiary/aromatic N) is 2. The first-order valence-corrected chi connectivity index (χ1v) is 15.9. The number of nitrogens with one attached hydrogen (secondary N) is 1. The van der Waals surface area contributed by atoms with Crippen molar-refractivity contribution < 1.29 is 19.1 Å². The molecule has 1 spiro atoms. The van der Waals surface area contributed by atoms with Crippen LogP contribution in [0.1, 0.15) is 99.4 Å². The van der Waals surface area contributed by atoms with Gasteiger partial charge in [0.05, 0.1) is 5.56 Å². The van der Waals surface area contributed by atoms with E-state index in [1.807, 2.05) is 6.07 Å². The molecule has 2 aliphatic heterocycles. The van der Waals surface area contributed by atoms with E-state index in [1.54, 1.807) is 15.9 Å². The fourth-order valence-corrected chi connectivity index (χ4v) is 7.09. The van der Waals surface area contributed by atoms with Gasteiger partial charge in [0.15, 0.2) is 0 Å². The Morgan fingerprint density at radius 1 is 0.732 bits per heavy atom. The van der Waals surface area contributed by atoms with Gasteiger partial charge in [-0.2, -0.15) is 0 Å². The van der Waals surface area contributed by atoms with Crippen LogP contribution in [0, 0.1) is 5.82 Å². The van der Waals surface area contributed by atoms with Gasteiger partial charge in [-0.3, -0.25) is 9.59 Å². The Morgan fingerprint density at radius 3 is 1.95 bits per heavy atom. The van der Waals surface area contributed by atoms with Crippen LogP contribution >= 0.6 is 0 Å². The Labute approximate surface area is 243 Å². The van der Waals surface area contributed by atoms with Gasteiger partial charge in [-0.25, -0.2) is 4.39 Å². The maximum Gasteiger partial charge on any atom is 0.256 e. The lowest BCUT2D eigenvalue weighted by Crippen LogP contribution is -2.53. The predicted molar refractivity (Wildman–Crippen MR) is 159 cm³/mol. The minimum atomic E-state index is -1.20. The number of piperazine rings is 1. The third-order valence-corrected chi connectivity index (χ3v) is 9.95. The minimum absolute atomic E-state index is 0.0581. The molecule has 2 aromatic carbocycles. The van der Waals surface area contributed by atoms with Crippen LogP contribution < -0.4 is 5.32 Å². The van der Waals surface area contributed by atoms with E-state index in [9.17, 15) is 14.7 Å². The van der Waals surface area contributed by atoms with Crippen molar-refractivity contribution in [3.63, 3.8) is 0 Å². The number of fused-ring (bicyclic) bond motifs is 1. The zero-order valence-electron chi connectivity index (χ0n) is 24.2. The summed E-state index contributed by atoms with van der Waals surface area (Å²) in [6.45, 7) is 1.39. The van der Waals surface area contributed by atoms with Gasteiger partial charge in [0.25, 0.3) is 11.8 Å². The molecule has 0 radical (unpaired) electrons. The highest BCUT2D eigenvalue weighted by atomic mass is 19.1. The highest BCUT2D eigenvalue weighted by Crippen LogP contribution is 2.40. The maximum atomic E-state index is 15.3. The molecular weight excluding hydrogens is 517 g/mol. The number of hydrogen-bond donors (Lipinski definition) is 2. The molecule has 6 nitrogen and oxygen atoms in total. The Hall–Kier alpha value is -2.93. The maximum absolute atomic E-state index is 15.3. The summed E-state index contributed by atoms with van der Waals surface area (Å²) in [7, 11) is 0. The monoisotopic (exact) mass is 561 g/mol. The van der Waals surface area contributed by atoms with E-state index in [0.717, 1.165) is 24.0 Å². The predicted octanol–water partition coefficient (Wildman–Crippen LogP) is 6.31. The number of anilines is 1. The number of halogens is 1. The zero-order chi connectivity index (χ0) is 28.5. The number of carbonyl (C=O) groups excluding carboxylic acids is 2. The van der Waals surface area contributed by atoms with E-state index < -0.39 is 11.4 Å². The van der Waals surface area contributed by atoms with Crippen molar-refractivity contribution in [2.75, 3.05) is 31.5 Å². The standard InChI is InChI=1S/C34H44FN3O3/c35-29-24-26(9-11-28(29)31(39)37-19-21-38(22-20-37)32(40)34(41)17-18-34)25-10-12-30-27(23-25)13-16-33(36-30)14-7-5-3-1-2-4-6-8-15-33/h9-12,23-24,36,41H,1-8,13-22H2. The molecule has 0 unspecified atom stereocenters. The number of hydrogen-bond acceptors (Lipinski definition) is 4. The van der Waals surface area contributed by atoms with Crippen LogP contribution in [-0.4, -0.2) is 64.0 Å². The lowest BCUT2D eigenvalue weighted by atomic mass is 9.78. The van der Waals surface area contributed by atoms with Crippen molar-refractivity contribution in [1.29, 1.82) is 0 Å². The Bertz CT molecular complexity index is 1270. The molecule has 220 valence electrons. The quantitative estimate of drug-likeness (QED) is 0.461. The molecule has 0 bridgehead atoms. The number of benzene rings is 2. The third kappa shape index (κ3) is 6.15. The summed E-state index contributed by atoms with van der Waals surface area (Å²) in [6, 6.07) is 11.3. The molecule has 2 N–H and O–H groups in total. The summed E-state index contributed by atoms with van der Waals surface area (Å²) in [4.78, 5) is 28.7. The van der Waals surface area contributed by atoms with E-state index in [-0.39, 0.29) is 22.9 Å². The molecule has 2 aliphatic carbocycles. The normalized spacial score (nSPS) is 22.3. The number of amides is 2. The number of aryl methyl sites for hydroxylation is 1. The average Bonchev–Trinajstić information content (AvgIpc) is 3.75. The number of aliphatic hydroxyl groups is 1. The molecule has 0 aromatic heterocycles. The number of carbonyl (C=O) groups is 2. The highest BCUT2D eigenvalue weighted by molar-refractivity contribution is 5.95. The fraction of sp³-hybridized carbons (Fsp3) is 0.588. The average molecular weight is 562 g/mol. The second-order valence-electron chi connectivity index (χ2n) is 12.9. The van der Waals surface area contributed by atoms with Crippen molar-refractivity contribution in [2.24, 2.45) is 0 Å². The molecule has 0 atom stereocenters. The summed E-state index contributed by atoms with van der Waals surface area (Å²) >= 11 is 0. The van der Waals surface area contributed by atoms with Crippen LogP contribution in [0.25, 0.3) is 11.1 Å². The smallest absolute Gasteiger partial charge is 0.256 e. The molecule has 3 fully saturated rings. The minimum Gasteiger partial charge on any atom is -0.380 e. The summed E-state index contributed by atoms with van der Waals surface area (Å²) in [6.07, 6.45) is 16.4. The number of rotatable bonds is 3. The van der Waals surface area contributed by atoms with Gasteiger partial charge in [0.2, 0.25) is 0 Å². The van der Waals surface area contributed by atoms with Crippen molar-refractivity contribution >= 4 is 17.5 Å².